The number of nitrogens with zero attached hydrogens (tertiary/aromatic N) is 1. The summed E-state index contributed by atoms with van der Waals surface area (Å²) in [4.78, 5) is 4.14. The van der Waals surface area contributed by atoms with Crippen LogP contribution in [0.15, 0.2) is 41.1 Å². The summed E-state index contributed by atoms with van der Waals surface area (Å²) in [5, 5.41) is 3.47. The average molecular weight is 256 g/mol. The van der Waals surface area contributed by atoms with E-state index in [0.29, 0.717) is 5.92 Å². The SMILES string of the molecule is CC1CC1c1ccc(CN[C@@H](C)c2cccnc2)o1. The van der Waals surface area contributed by atoms with Gasteiger partial charge in [0.15, 0.2) is 0 Å². The molecule has 19 heavy (non-hydrogen) atoms. The monoisotopic (exact) mass is 256 g/mol. The number of hydrogen-bond acceptors (Lipinski definition) is 3. The van der Waals surface area contributed by atoms with Gasteiger partial charge in [-0.25, -0.2) is 0 Å². The van der Waals surface area contributed by atoms with Crippen LogP contribution in [-0.2, 0) is 6.54 Å². The van der Waals surface area contributed by atoms with Gasteiger partial charge in [0.1, 0.15) is 11.5 Å². The van der Waals surface area contributed by atoms with Crippen LogP contribution in [0.3, 0.4) is 0 Å². The Hall–Kier alpha value is -1.61. The highest BCUT2D eigenvalue weighted by Gasteiger charge is 2.36. The van der Waals surface area contributed by atoms with E-state index in [4.69, 9.17) is 4.42 Å². The van der Waals surface area contributed by atoms with E-state index >= 15 is 0 Å². The molecule has 0 aromatic carbocycles. The summed E-state index contributed by atoms with van der Waals surface area (Å²) in [5.74, 6) is 3.62. The Morgan fingerprint density at radius 1 is 1.42 bits per heavy atom. The Labute approximate surface area is 114 Å². The summed E-state index contributed by atoms with van der Waals surface area (Å²) in [6.45, 7) is 5.18. The first-order valence-electron chi connectivity index (χ1n) is 6.96. The van der Waals surface area contributed by atoms with Crippen LogP contribution in [0.5, 0.6) is 0 Å². The maximum Gasteiger partial charge on any atom is 0.117 e. The van der Waals surface area contributed by atoms with Gasteiger partial charge in [0.25, 0.3) is 0 Å². The molecule has 0 bridgehead atoms. The fraction of sp³-hybridized carbons (Fsp3) is 0.438. The minimum absolute atomic E-state index is 0.280. The van der Waals surface area contributed by atoms with Gasteiger partial charge in [0, 0.05) is 24.4 Å². The molecule has 2 heterocycles. The van der Waals surface area contributed by atoms with E-state index in [1.54, 1.807) is 6.20 Å². The lowest BCUT2D eigenvalue weighted by atomic mass is 10.1. The van der Waals surface area contributed by atoms with Crippen LogP contribution in [0.25, 0.3) is 0 Å². The lowest BCUT2D eigenvalue weighted by Gasteiger charge is -2.12. The molecule has 3 atom stereocenters. The molecule has 0 amide bonds. The fourth-order valence-corrected chi connectivity index (χ4v) is 2.41. The highest BCUT2D eigenvalue weighted by molar-refractivity contribution is 5.18. The second kappa shape index (κ2) is 5.17. The molecule has 1 aliphatic rings. The van der Waals surface area contributed by atoms with Gasteiger partial charge >= 0.3 is 0 Å². The standard InChI is InChI=1S/C16H20N2O/c1-11-8-15(11)16-6-5-14(19-16)10-18-12(2)13-4-3-7-17-9-13/h3-7,9,11-12,15,18H,8,10H2,1-2H3/t11?,12-,15?/m0/s1. The van der Waals surface area contributed by atoms with Crippen molar-refractivity contribution in [3.63, 3.8) is 0 Å². The Bertz CT molecular complexity index is 535. The Balaban J connectivity index is 1.56. The topological polar surface area (TPSA) is 38.1 Å². The summed E-state index contributed by atoms with van der Waals surface area (Å²) in [6.07, 6.45) is 4.97. The molecule has 0 aliphatic heterocycles. The van der Waals surface area contributed by atoms with Crippen molar-refractivity contribution in [1.29, 1.82) is 0 Å². The molecule has 1 saturated carbocycles. The van der Waals surface area contributed by atoms with Gasteiger partial charge in [0.05, 0.1) is 6.54 Å². The summed E-state index contributed by atoms with van der Waals surface area (Å²) in [6, 6.07) is 8.54. The number of aromatic nitrogens is 1. The van der Waals surface area contributed by atoms with E-state index in [1.165, 1.54) is 12.0 Å². The Kier molecular flexibility index (Phi) is 3.38. The molecule has 0 radical (unpaired) electrons. The summed E-state index contributed by atoms with van der Waals surface area (Å²) < 4.78 is 5.89. The third-order valence-electron chi connectivity index (χ3n) is 3.92. The third kappa shape index (κ3) is 2.87. The van der Waals surface area contributed by atoms with Gasteiger partial charge in [-0.3, -0.25) is 4.98 Å². The van der Waals surface area contributed by atoms with Crippen LogP contribution in [0.1, 0.15) is 49.3 Å². The number of hydrogen-bond donors (Lipinski definition) is 1. The molecule has 2 unspecified atom stereocenters. The molecule has 2 aromatic rings. The molecular formula is C16H20N2O. The second-order valence-electron chi connectivity index (χ2n) is 5.51. The summed E-state index contributed by atoms with van der Waals surface area (Å²) in [5.41, 5.74) is 1.20. The van der Waals surface area contributed by atoms with Crippen molar-refractivity contribution in [2.45, 2.75) is 38.8 Å². The van der Waals surface area contributed by atoms with Gasteiger partial charge in [-0.05, 0) is 43.0 Å². The van der Waals surface area contributed by atoms with Crippen LogP contribution in [0.4, 0.5) is 0 Å². The van der Waals surface area contributed by atoms with E-state index in [-0.39, 0.29) is 6.04 Å². The first-order valence-corrected chi connectivity index (χ1v) is 6.96. The molecule has 100 valence electrons. The summed E-state index contributed by atoms with van der Waals surface area (Å²) in [7, 11) is 0. The van der Waals surface area contributed by atoms with Crippen molar-refractivity contribution in [3.8, 4) is 0 Å². The van der Waals surface area contributed by atoms with Crippen LogP contribution in [0.2, 0.25) is 0 Å². The maximum absolute atomic E-state index is 5.89. The quantitative estimate of drug-likeness (QED) is 0.887. The predicted molar refractivity (Wildman–Crippen MR) is 74.7 cm³/mol. The highest BCUT2D eigenvalue weighted by Crippen LogP contribution is 2.47. The molecule has 0 spiro atoms. The molecule has 1 fully saturated rings. The fourth-order valence-electron chi connectivity index (χ4n) is 2.41. The minimum Gasteiger partial charge on any atom is -0.464 e. The van der Waals surface area contributed by atoms with E-state index in [9.17, 15) is 0 Å². The highest BCUT2D eigenvalue weighted by atomic mass is 16.3. The zero-order chi connectivity index (χ0) is 13.2. The van der Waals surface area contributed by atoms with Crippen LogP contribution < -0.4 is 5.32 Å². The van der Waals surface area contributed by atoms with E-state index in [2.05, 4.69) is 42.3 Å². The van der Waals surface area contributed by atoms with Crippen molar-refractivity contribution in [2.75, 3.05) is 0 Å². The Morgan fingerprint density at radius 2 is 2.26 bits per heavy atom. The van der Waals surface area contributed by atoms with E-state index in [1.807, 2.05) is 12.3 Å². The second-order valence-corrected chi connectivity index (χ2v) is 5.51. The first-order chi connectivity index (χ1) is 9.24. The number of furan rings is 1. The average Bonchev–Trinajstić information content (AvgIpc) is 3.00. The molecule has 1 N–H and O–H groups in total. The van der Waals surface area contributed by atoms with Crippen LogP contribution in [0, 0.1) is 5.92 Å². The number of pyridine rings is 1. The number of rotatable bonds is 5. The third-order valence-corrected chi connectivity index (χ3v) is 3.92. The van der Waals surface area contributed by atoms with Crippen molar-refractivity contribution >= 4 is 0 Å². The smallest absolute Gasteiger partial charge is 0.117 e. The molecule has 3 heteroatoms. The molecule has 3 rings (SSSR count). The van der Waals surface area contributed by atoms with Crippen molar-refractivity contribution < 1.29 is 4.42 Å². The molecule has 1 aliphatic carbocycles. The number of nitrogens with one attached hydrogen (secondary N) is 1. The lowest BCUT2D eigenvalue weighted by molar-refractivity contribution is 0.430. The van der Waals surface area contributed by atoms with Gasteiger partial charge in [-0.2, -0.15) is 0 Å². The zero-order valence-electron chi connectivity index (χ0n) is 11.5. The zero-order valence-corrected chi connectivity index (χ0v) is 11.5. The summed E-state index contributed by atoms with van der Waals surface area (Å²) >= 11 is 0. The van der Waals surface area contributed by atoms with Crippen molar-refractivity contribution in [1.82, 2.24) is 10.3 Å². The van der Waals surface area contributed by atoms with Gasteiger partial charge in [-0.1, -0.05) is 13.0 Å². The van der Waals surface area contributed by atoms with Crippen LogP contribution in [-0.4, -0.2) is 4.98 Å². The normalized spacial score (nSPS) is 23.3. The molecule has 2 aromatic heterocycles. The first kappa shape index (κ1) is 12.4. The lowest BCUT2D eigenvalue weighted by Crippen LogP contribution is -2.17. The van der Waals surface area contributed by atoms with E-state index in [0.717, 1.165) is 24.0 Å². The molecule has 3 nitrogen and oxygen atoms in total. The molecular weight excluding hydrogens is 236 g/mol. The maximum atomic E-state index is 5.89. The van der Waals surface area contributed by atoms with Crippen molar-refractivity contribution in [2.24, 2.45) is 5.92 Å². The Morgan fingerprint density at radius 3 is 2.95 bits per heavy atom. The molecule has 0 saturated heterocycles. The minimum atomic E-state index is 0.280. The van der Waals surface area contributed by atoms with Crippen LogP contribution >= 0.6 is 0 Å². The van der Waals surface area contributed by atoms with E-state index < -0.39 is 0 Å². The van der Waals surface area contributed by atoms with Gasteiger partial charge < -0.3 is 9.73 Å². The largest absolute Gasteiger partial charge is 0.464 e. The van der Waals surface area contributed by atoms with Crippen molar-refractivity contribution in [3.05, 3.63) is 53.7 Å². The van der Waals surface area contributed by atoms with Gasteiger partial charge in [-0.15, -0.1) is 0 Å². The predicted octanol–water partition coefficient (Wildman–Crippen LogP) is 3.65. The van der Waals surface area contributed by atoms with Gasteiger partial charge in [0.2, 0.25) is 0 Å².